The molecule has 10 heteroatoms. The SMILES string of the molecule is COc1ccc(Nc2nncc(Nc3ccc(F)c(F)c3F)n2)cc1OC. The Labute approximate surface area is 152 Å². The van der Waals surface area contributed by atoms with Gasteiger partial charge in [0.2, 0.25) is 5.95 Å². The highest BCUT2D eigenvalue weighted by Crippen LogP contribution is 2.30. The van der Waals surface area contributed by atoms with E-state index in [4.69, 9.17) is 9.47 Å². The summed E-state index contributed by atoms with van der Waals surface area (Å²) in [6, 6.07) is 6.92. The van der Waals surface area contributed by atoms with Crippen molar-refractivity contribution in [2.45, 2.75) is 0 Å². The van der Waals surface area contributed by atoms with E-state index < -0.39 is 17.5 Å². The van der Waals surface area contributed by atoms with E-state index in [9.17, 15) is 13.2 Å². The lowest BCUT2D eigenvalue weighted by molar-refractivity contribution is 0.355. The molecule has 0 spiro atoms. The van der Waals surface area contributed by atoms with Crippen molar-refractivity contribution in [1.29, 1.82) is 0 Å². The Morgan fingerprint density at radius 2 is 1.67 bits per heavy atom. The first kappa shape index (κ1) is 18.2. The molecule has 3 rings (SSSR count). The van der Waals surface area contributed by atoms with Gasteiger partial charge in [0.1, 0.15) is 0 Å². The molecular formula is C17H14F3N5O2. The van der Waals surface area contributed by atoms with Crippen LogP contribution in [0.15, 0.2) is 36.5 Å². The lowest BCUT2D eigenvalue weighted by Gasteiger charge is -2.11. The van der Waals surface area contributed by atoms with Gasteiger partial charge >= 0.3 is 0 Å². The number of nitrogens with zero attached hydrogens (tertiary/aromatic N) is 3. The van der Waals surface area contributed by atoms with Crippen LogP contribution < -0.4 is 20.1 Å². The predicted molar refractivity (Wildman–Crippen MR) is 92.3 cm³/mol. The summed E-state index contributed by atoms with van der Waals surface area (Å²) in [4.78, 5) is 4.10. The molecule has 0 aliphatic carbocycles. The van der Waals surface area contributed by atoms with Gasteiger partial charge in [-0.2, -0.15) is 10.1 Å². The third-order valence-corrected chi connectivity index (χ3v) is 3.50. The average Bonchev–Trinajstić information content (AvgIpc) is 2.68. The average molecular weight is 377 g/mol. The fourth-order valence-corrected chi connectivity index (χ4v) is 2.22. The molecule has 2 N–H and O–H groups in total. The van der Waals surface area contributed by atoms with Crippen molar-refractivity contribution in [1.82, 2.24) is 15.2 Å². The predicted octanol–water partition coefficient (Wildman–Crippen LogP) is 3.79. The van der Waals surface area contributed by atoms with E-state index in [-0.39, 0.29) is 17.5 Å². The van der Waals surface area contributed by atoms with E-state index in [0.717, 1.165) is 12.1 Å². The number of methoxy groups -OCH3 is 2. The van der Waals surface area contributed by atoms with Crippen LogP contribution in [-0.2, 0) is 0 Å². The molecule has 27 heavy (non-hydrogen) atoms. The second kappa shape index (κ2) is 7.77. The number of rotatable bonds is 6. The molecule has 1 aromatic heterocycles. The maximum absolute atomic E-state index is 13.8. The number of halogens is 3. The smallest absolute Gasteiger partial charge is 0.249 e. The maximum atomic E-state index is 13.8. The molecule has 2 aromatic carbocycles. The van der Waals surface area contributed by atoms with Gasteiger partial charge in [-0.15, -0.1) is 5.10 Å². The third-order valence-electron chi connectivity index (χ3n) is 3.50. The van der Waals surface area contributed by atoms with E-state index in [1.165, 1.54) is 20.4 Å². The van der Waals surface area contributed by atoms with Crippen LogP contribution in [0.1, 0.15) is 0 Å². The first-order chi connectivity index (χ1) is 13.0. The number of ether oxygens (including phenoxy) is 2. The Bertz CT molecular complexity index is 971. The van der Waals surface area contributed by atoms with Crippen molar-refractivity contribution in [2.75, 3.05) is 24.9 Å². The molecule has 0 fully saturated rings. The topological polar surface area (TPSA) is 81.2 Å². The summed E-state index contributed by atoms with van der Waals surface area (Å²) in [5.41, 5.74) is 0.303. The van der Waals surface area contributed by atoms with Crippen LogP contribution in [0.5, 0.6) is 11.5 Å². The third kappa shape index (κ3) is 4.00. The lowest BCUT2D eigenvalue weighted by Crippen LogP contribution is -2.04. The van der Waals surface area contributed by atoms with Crippen LogP contribution in [-0.4, -0.2) is 29.4 Å². The molecule has 0 bridgehead atoms. The van der Waals surface area contributed by atoms with Crippen LogP contribution in [0, 0.1) is 17.5 Å². The summed E-state index contributed by atoms with van der Waals surface area (Å²) in [6.07, 6.45) is 1.21. The van der Waals surface area contributed by atoms with Crippen molar-refractivity contribution >= 4 is 23.1 Å². The molecule has 0 amide bonds. The van der Waals surface area contributed by atoms with Crippen LogP contribution >= 0.6 is 0 Å². The van der Waals surface area contributed by atoms with Crippen molar-refractivity contribution in [3.63, 3.8) is 0 Å². The molecule has 0 unspecified atom stereocenters. The number of nitrogens with one attached hydrogen (secondary N) is 2. The Morgan fingerprint density at radius 1 is 0.889 bits per heavy atom. The summed E-state index contributed by atoms with van der Waals surface area (Å²) >= 11 is 0. The summed E-state index contributed by atoms with van der Waals surface area (Å²) in [5.74, 6) is -3.00. The molecule has 0 aliphatic heterocycles. The van der Waals surface area contributed by atoms with Crippen molar-refractivity contribution in [2.24, 2.45) is 0 Å². The highest BCUT2D eigenvalue weighted by Gasteiger charge is 2.14. The van der Waals surface area contributed by atoms with Crippen molar-refractivity contribution in [3.8, 4) is 11.5 Å². The minimum atomic E-state index is -1.58. The number of hydrogen-bond acceptors (Lipinski definition) is 7. The lowest BCUT2D eigenvalue weighted by atomic mass is 10.2. The summed E-state index contributed by atoms with van der Waals surface area (Å²) in [5, 5.41) is 13.0. The van der Waals surface area contributed by atoms with E-state index >= 15 is 0 Å². The zero-order valence-electron chi connectivity index (χ0n) is 14.3. The first-order valence-electron chi connectivity index (χ1n) is 7.61. The number of hydrogen-bond donors (Lipinski definition) is 2. The number of anilines is 4. The normalized spacial score (nSPS) is 10.4. The van der Waals surface area contributed by atoms with E-state index in [0.29, 0.717) is 17.2 Å². The Kier molecular flexibility index (Phi) is 5.25. The Morgan fingerprint density at radius 3 is 2.41 bits per heavy atom. The largest absolute Gasteiger partial charge is 0.493 e. The monoisotopic (exact) mass is 377 g/mol. The van der Waals surface area contributed by atoms with Gasteiger partial charge in [0.15, 0.2) is 34.8 Å². The van der Waals surface area contributed by atoms with Gasteiger partial charge in [-0.25, -0.2) is 13.2 Å². The fraction of sp³-hybridized carbons (Fsp3) is 0.118. The second-order valence-corrected chi connectivity index (χ2v) is 5.21. The maximum Gasteiger partial charge on any atom is 0.249 e. The summed E-state index contributed by atoms with van der Waals surface area (Å²) in [6.45, 7) is 0. The summed E-state index contributed by atoms with van der Waals surface area (Å²) in [7, 11) is 3.02. The highest BCUT2D eigenvalue weighted by atomic mass is 19.2. The van der Waals surface area contributed by atoms with Crippen LogP contribution in [0.4, 0.5) is 36.3 Å². The van der Waals surface area contributed by atoms with Gasteiger partial charge in [0, 0.05) is 11.8 Å². The van der Waals surface area contributed by atoms with Crippen molar-refractivity contribution in [3.05, 3.63) is 54.0 Å². The molecule has 140 valence electrons. The van der Waals surface area contributed by atoms with E-state index in [1.54, 1.807) is 18.2 Å². The van der Waals surface area contributed by atoms with Crippen molar-refractivity contribution < 1.29 is 22.6 Å². The molecule has 0 saturated heterocycles. The Balaban J connectivity index is 1.81. The van der Waals surface area contributed by atoms with Gasteiger partial charge in [0.25, 0.3) is 0 Å². The molecule has 0 atom stereocenters. The molecule has 1 heterocycles. The fourth-order valence-electron chi connectivity index (χ4n) is 2.22. The zero-order chi connectivity index (χ0) is 19.4. The second-order valence-electron chi connectivity index (χ2n) is 5.21. The number of aromatic nitrogens is 3. The van der Waals surface area contributed by atoms with Gasteiger partial charge < -0.3 is 20.1 Å². The van der Waals surface area contributed by atoms with Gasteiger partial charge in [-0.3, -0.25) is 0 Å². The standard InChI is InChI=1S/C17H14F3N5O2/c1-26-12-6-3-9(7-13(12)27-2)22-17-24-14(8-21-25-17)23-11-5-4-10(18)15(19)16(11)20/h3-8H,1-2H3,(H2,22,23,24,25). The van der Waals surface area contributed by atoms with Gasteiger partial charge in [0.05, 0.1) is 26.1 Å². The molecule has 0 aliphatic rings. The molecule has 3 aromatic rings. The zero-order valence-corrected chi connectivity index (χ0v) is 14.3. The molecular weight excluding hydrogens is 363 g/mol. The summed E-state index contributed by atoms with van der Waals surface area (Å²) < 4.78 is 50.5. The highest BCUT2D eigenvalue weighted by molar-refractivity contribution is 5.61. The molecule has 0 saturated carbocycles. The molecule has 7 nitrogen and oxygen atoms in total. The van der Waals surface area contributed by atoms with Crippen LogP contribution in [0.25, 0.3) is 0 Å². The van der Waals surface area contributed by atoms with Crippen LogP contribution in [0.2, 0.25) is 0 Å². The first-order valence-corrected chi connectivity index (χ1v) is 7.61. The Hall–Kier alpha value is -3.56. The quantitative estimate of drug-likeness (QED) is 0.633. The van der Waals surface area contributed by atoms with Crippen LogP contribution in [0.3, 0.4) is 0 Å². The minimum absolute atomic E-state index is 0.0814. The molecule has 0 radical (unpaired) electrons. The number of benzene rings is 2. The minimum Gasteiger partial charge on any atom is -0.493 e. The van der Waals surface area contributed by atoms with E-state index in [2.05, 4.69) is 25.8 Å². The van der Waals surface area contributed by atoms with Gasteiger partial charge in [-0.05, 0) is 24.3 Å². The van der Waals surface area contributed by atoms with E-state index in [1.807, 2.05) is 0 Å². The van der Waals surface area contributed by atoms with Gasteiger partial charge in [-0.1, -0.05) is 0 Å².